The Bertz CT molecular complexity index is 2180. The molecular formula is C54H66N8O2+2. The number of aliphatic imine (C=N–C) groups is 2. The lowest BCUT2D eigenvalue weighted by molar-refractivity contribution is -0.697. The number of pyridine rings is 2. The van der Waals surface area contributed by atoms with Crippen molar-refractivity contribution in [2.75, 3.05) is 6.54 Å². The Morgan fingerprint density at radius 3 is 1.42 bits per heavy atom. The minimum Gasteiger partial charge on any atom is -0.354 e. The molecule has 4 aliphatic rings. The molecule has 0 unspecified atom stereocenters. The number of amides is 2. The standard InChI is InChI=1S/C54H65N8O2/c63-53(17-13-9-5-1-3-7-11-15-39-61-41-31-47(32-42-61)45-27-35-55-36-28-45)57-49-19-23-51(24-20-49)59-60-52-25-21-50(22-26-52)58-54(64)18-14-10-6-2-4-8-12-16-40-62-43-33-48(34-44-62)46-29-37-56-38-30-46/h19-38,41-44,55H,1-18,39-40H2/q+1/p+1. The smallest absolute Gasteiger partial charge is 0.246 e. The van der Waals surface area contributed by atoms with Gasteiger partial charge >= 0.3 is 0 Å². The molecule has 2 aliphatic carbocycles. The van der Waals surface area contributed by atoms with Gasteiger partial charge in [-0.3, -0.25) is 19.9 Å². The van der Waals surface area contributed by atoms with E-state index in [9.17, 15) is 9.59 Å². The lowest BCUT2D eigenvalue weighted by Gasteiger charge is -2.19. The van der Waals surface area contributed by atoms with Crippen molar-refractivity contribution in [2.24, 2.45) is 20.2 Å². The van der Waals surface area contributed by atoms with Crippen molar-refractivity contribution in [1.29, 1.82) is 0 Å². The molecule has 0 fully saturated rings. The molecule has 2 aliphatic heterocycles. The molecule has 0 saturated carbocycles. The Kier molecular flexibility index (Phi) is 20.5. The van der Waals surface area contributed by atoms with Crippen LogP contribution in [0.25, 0.3) is 11.1 Å². The minimum atomic E-state index is -0.0844. The summed E-state index contributed by atoms with van der Waals surface area (Å²) in [6.07, 6.45) is 59.0. The predicted octanol–water partition coefficient (Wildman–Crippen LogP) is 10.3. The minimum absolute atomic E-state index is 0.0826. The summed E-state index contributed by atoms with van der Waals surface area (Å²) in [4.78, 5) is 39.8. The zero-order valence-corrected chi connectivity index (χ0v) is 37.5. The predicted molar refractivity (Wildman–Crippen MR) is 262 cm³/mol. The number of carbonyl (C=O) groups is 2. The Morgan fingerprint density at radius 1 is 0.484 bits per heavy atom. The second-order valence-electron chi connectivity index (χ2n) is 16.7. The van der Waals surface area contributed by atoms with E-state index < -0.39 is 0 Å². The van der Waals surface area contributed by atoms with Crippen LogP contribution >= 0.6 is 0 Å². The molecule has 10 heteroatoms. The SMILES string of the molecule is O=C(CCCCCCCCCCN1C=CC(=C2C=C[NH2+]C=C2)C=C1)N=C1C=CC(=NN=C2C=CC(=NC(=O)CCCCCCCCCC[n+]3ccc(-c4ccncc4)cc3)C=C2)C=C1. The van der Waals surface area contributed by atoms with E-state index in [0.717, 1.165) is 51.6 Å². The van der Waals surface area contributed by atoms with Crippen LogP contribution in [0.15, 0.2) is 178 Å². The second-order valence-corrected chi connectivity index (χ2v) is 16.7. The van der Waals surface area contributed by atoms with Crippen LogP contribution in [0.4, 0.5) is 0 Å². The maximum Gasteiger partial charge on any atom is 0.246 e. The number of aromatic nitrogens is 2. The van der Waals surface area contributed by atoms with Crippen molar-refractivity contribution < 1.29 is 19.5 Å². The van der Waals surface area contributed by atoms with E-state index in [1.165, 1.54) is 86.5 Å². The first kappa shape index (κ1) is 47.2. The Labute approximate surface area is 380 Å². The molecule has 2 amide bonds. The van der Waals surface area contributed by atoms with Crippen LogP contribution < -0.4 is 9.88 Å². The van der Waals surface area contributed by atoms with Gasteiger partial charge in [-0.05, 0) is 133 Å². The molecule has 0 radical (unpaired) electrons. The van der Waals surface area contributed by atoms with Crippen LogP contribution in [-0.2, 0) is 16.1 Å². The zero-order valence-electron chi connectivity index (χ0n) is 37.5. The molecule has 4 heterocycles. The highest BCUT2D eigenvalue weighted by atomic mass is 16.1. The van der Waals surface area contributed by atoms with Gasteiger partial charge in [-0.15, -0.1) is 0 Å². The van der Waals surface area contributed by atoms with Crippen molar-refractivity contribution in [1.82, 2.24) is 9.88 Å². The zero-order chi connectivity index (χ0) is 44.3. The van der Waals surface area contributed by atoms with E-state index in [-0.39, 0.29) is 11.8 Å². The van der Waals surface area contributed by atoms with E-state index in [1.54, 1.807) is 24.3 Å². The van der Waals surface area contributed by atoms with Crippen molar-refractivity contribution in [3.05, 3.63) is 158 Å². The van der Waals surface area contributed by atoms with Crippen LogP contribution in [0.1, 0.15) is 116 Å². The Balaban J connectivity index is 0.737. The van der Waals surface area contributed by atoms with Crippen LogP contribution in [0.2, 0.25) is 0 Å². The summed E-state index contributed by atoms with van der Waals surface area (Å²) in [5, 5.41) is 10.7. The first-order valence-electron chi connectivity index (χ1n) is 23.6. The summed E-state index contributed by atoms with van der Waals surface area (Å²) in [7, 11) is 0. The van der Waals surface area contributed by atoms with Gasteiger partial charge in [-0.2, -0.15) is 10.2 Å². The number of unbranched alkanes of at least 4 members (excludes halogenated alkanes) is 14. The third kappa shape index (κ3) is 17.8. The molecule has 0 saturated heterocycles. The molecule has 0 atom stereocenters. The summed E-state index contributed by atoms with van der Waals surface area (Å²) >= 11 is 0. The molecule has 0 bridgehead atoms. The number of nitrogens with two attached hydrogens (primary N) is 1. The van der Waals surface area contributed by atoms with E-state index in [0.29, 0.717) is 35.7 Å². The maximum atomic E-state index is 12.5. The fourth-order valence-electron chi connectivity index (χ4n) is 7.74. The van der Waals surface area contributed by atoms with E-state index in [4.69, 9.17) is 0 Å². The molecule has 0 spiro atoms. The highest BCUT2D eigenvalue weighted by Gasteiger charge is 2.09. The third-order valence-electron chi connectivity index (χ3n) is 11.5. The van der Waals surface area contributed by atoms with E-state index in [1.807, 2.05) is 54.1 Å². The Morgan fingerprint density at radius 2 is 0.906 bits per heavy atom. The number of hydrogen-bond donors (Lipinski definition) is 1. The maximum absolute atomic E-state index is 12.5. The number of quaternary nitrogens is 1. The number of nitrogens with zero attached hydrogens (tertiary/aromatic N) is 7. The molecule has 2 N–H and O–H groups in total. The number of hydrogen-bond acceptors (Lipinski definition) is 6. The topological polar surface area (TPSA) is 120 Å². The number of carbonyl (C=O) groups excluding carboxylic acids is 2. The lowest BCUT2D eigenvalue weighted by atomic mass is 10.0. The summed E-state index contributed by atoms with van der Waals surface area (Å²) < 4.78 is 2.26. The lowest BCUT2D eigenvalue weighted by Crippen LogP contribution is -2.71. The normalized spacial score (nSPS) is 15.2. The summed E-state index contributed by atoms with van der Waals surface area (Å²) in [6.45, 7) is 2.10. The molecule has 2 aromatic rings. The quantitative estimate of drug-likeness (QED) is 0.0489. The number of aryl methyl sites for hydroxylation is 1. The third-order valence-corrected chi connectivity index (χ3v) is 11.5. The molecule has 6 rings (SSSR count). The molecule has 10 nitrogen and oxygen atoms in total. The summed E-state index contributed by atoms with van der Waals surface area (Å²) in [5.74, 6) is -0.167. The first-order valence-corrected chi connectivity index (χ1v) is 23.6. The average molecular weight is 859 g/mol. The van der Waals surface area contributed by atoms with Crippen LogP contribution in [-0.4, -0.2) is 51.1 Å². The van der Waals surface area contributed by atoms with Gasteiger partial charge in [0.2, 0.25) is 11.8 Å². The molecule has 0 aromatic carbocycles. The van der Waals surface area contributed by atoms with Gasteiger partial charge in [0.15, 0.2) is 12.4 Å². The number of allylic oxidation sites excluding steroid dienone is 14. The summed E-state index contributed by atoms with van der Waals surface area (Å²) in [5.41, 5.74) is 7.52. The van der Waals surface area contributed by atoms with Gasteiger partial charge in [-0.25, -0.2) is 14.6 Å². The van der Waals surface area contributed by atoms with Gasteiger partial charge in [0, 0.05) is 62.7 Å². The molecule has 332 valence electrons. The van der Waals surface area contributed by atoms with Gasteiger partial charge < -0.3 is 4.90 Å². The van der Waals surface area contributed by atoms with Crippen molar-refractivity contribution in [3.63, 3.8) is 0 Å². The van der Waals surface area contributed by atoms with Crippen LogP contribution in [0.5, 0.6) is 0 Å². The van der Waals surface area contributed by atoms with Crippen molar-refractivity contribution >= 4 is 34.7 Å². The van der Waals surface area contributed by atoms with Crippen LogP contribution in [0, 0.1) is 0 Å². The van der Waals surface area contributed by atoms with E-state index >= 15 is 0 Å². The highest BCUT2D eigenvalue weighted by molar-refractivity contribution is 6.22. The monoisotopic (exact) mass is 859 g/mol. The second kappa shape index (κ2) is 27.7. The highest BCUT2D eigenvalue weighted by Crippen LogP contribution is 2.19. The van der Waals surface area contributed by atoms with Crippen LogP contribution in [0.3, 0.4) is 0 Å². The summed E-state index contributed by atoms with van der Waals surface area (Å²) in [6, 6.07) is 8.41. The molecule has 64 heavy (non-hydrogen) atoms. The molecular weight excluding hydrogens is 793 g/mol. The first-order chi connectivity index (χ1) is 31.6. The molecule has 2 aromatic heterocycles. The van der Waals surface area contributed by atoms with E-state index in [2.05, 4.69) is 108 Å². The fraction of sp³-hybridized carbons (Fsp3) is 0.370. The van der Waals surface area contributed by atoms with Crippen molar-refractivity contribution in [3.8, 4) is 11.1 Å². The average Bonchev–Trinajstić information content (AvgIpc) is 3.34. The van der Waals surface area contributed by atoms with Gasteiger partial charge in [0.25, 0.3) is 0 Å². The fourth-order valence-corrected chi connectivity index (χ4v) is 7.74. The van der Waals surface area contributed by atoms with Gasteiger partial charge in [0.05, 0.1) is 35.2 Å². The largest absolute Gasteiger partial charge is 0.354 e. The van der Waals surface area contributed by atoms with Gasteiger partial charge in [0.1, 0.15) is 6.54 Å². The van der Waals surface area contributed by atoms with Gasteiger partial charge in [-0.1, -0.05) is 70.6 Å². The number of rotatable bonds is 24. The van der Waals surface area contributed by atoms with Crippen molar-refractivity contribution in [2.45, 2.75) is 122 Å². The Hall–Kier alpha value is -6.26.